The molecule has 0 bridgehead atoms. The highest BCUT2D eigenvalue weighted by Crippen LogP contribution is 2.30. The van der Waals surface area contributed by atoms with Crippen molar-refractivity contribution in [2.75, 3.05) is 27.2 Å². The van der Waals surface area contributed by atoms with Gasteiger partial charge in [0.15, 0.2) is 0 Å². The SMILES string of the molecule is CN(C)C(=O)CN1CCn2c(nc(CC(=O)NCc3ccc(F)cc3)c(O)c2=O)C1(C)C. The first kappa shape index (κ1) is 23.4. The molecule has 2 heterocycles. The molecule has 2 N–H and O–H groups in total. The summed E-state index contributed by atoms with van der Waals surface area (Å²) in [6, 6.07) is 5.72. The van der Waals surface area contributed by atoms with Crippen LogP contribution in [0.15, 0.2) is 29.1 Å². The number of amides is 2. The number of hydrogen-bond donors (Lipinski definition) is 2. The molecule has 32 heavy (non-hydrogen) atoms. The maximum Gasteiger partial charge on any atom is 0.296 e. The Balaban J connectivity index is 1.81. The van der Waals surface area contributed by atoms with E-state index in [0.29, 0.717) is 17.9 Å². The summed E-state index contributed by atoms with van der Waals surface area (Å²) in [6.07, 6.45) is -0.289. The third-order valence-corrected chi connectivity index (χ3v) is 5.70. The van der Waals surface area contributed by atoms with E-state index in [4.69, 9.17) is 0 Å². The van der Waals surface area contributed by atoms with Gasteiger partial charge in [-0.2, -0.15) is 0 Å². The van der Waals surface area contributed by atoms with E-state index in [2.05, 4.69) is 10.3 Å². The lowest BCUT2D eigenvalue weighted by atomic mass is 9.98. The Morgan fingerprint density at radius 2 is 1.88 bits per heavy atom. The Morgan fingerprint density at radius 1 is 1.22 bits per heavy atom. The van der Waals surface area contributed by atoms with Gasteiger partial charge in [0.25, 0.3) is 5.56 Å². The summed E-state index contributed by atoms with van der Waals surface area (Å²) in [4.78, 5) is 45.3. The second kappa shape index (κ2) is 9.07. The van der Waals surface area contributed by atoms with Gasteiger partial charge in [-0.05, 0) is 31.5 Å². The first-order valence-electron chi connectivity index (χ1n) is 10.3. The molecule has 2 aromatic rings. The summed E-state index contributed by atoms with van der Waals surface area (Å²) in [5, 5.41) is 13.1. The van der Waals surface area contributed by atoms with Crippen molar-refractivity contribution in [3.05, 3.63) is 57.5 Å². The fourth-order valence-corrected chi connectivity index (χ4v) is 3.63. The minimum Gasteiger partial charge on any atom is -0.502 e. The van der Waals surface area contributed by atoms with Crippen molar-refractivity contribution in [3.63, 3.8) is 0 Å². The molecule has 10 heteroatoms. The second-order valence-electron chi connectivity index (χ2n) is 8.54. The van der Waals surface area contributed by atoms with Gasteiger partial charge in [0.05, 0.1) is 24.2 Å². The maximum atomic E-state index is 13.0. The van der Waals surface area contributed by atoms with Gasteiger partial charge in [-0.25, -0.2) is 9.37 Å². The zero-order valence-corrected chi connectivity index (χ0v) is 18.7. The van der Waals surface area contributed by atoms with E-state index >= 15 is 0 Å². The second-order valence-corrected chi connectivity index (χ2v) is 8.54. The minimum absolute atomic E-state index is 0.0216. The third-order valence-electron chi connectivity index (χ3n) is 5.70. The number of hydrogen-bond acceptors (Lipinski definition) is 6. The lowest BCUT2D eigenvalue weighted by Gasteiger charge is -2.43. The molecule has 0 atom stereocenters. The normalized spacial score (nSPS) is 15.2. The van der Waals surface area contributed by atoms with Gasteiger partial charge in [0, 0.05) is 33.7 Å². The van der Waals surface area contributed by atoms with Crippen LogP contribution in [-0.2, 0) is 34.6 Å². The number of rotatable bonds is 6. The monoisotopic (exact) mass is 445 g/mol. The number of carbonyl (C=O) groups is 2. The van der Waals surface area contributed by atoms with Crippen molar-refractivity contribution in [1.29, 1.82) is 0 Å². The lowest BCUT2D eigenvalue weighted by molar-refractivity contribution is -0.132. The van der Waals surface area contributed by atoms with E-state index in [1.165, 1.54) is 21.6 Å². The van der Waals surface area contributed by atoms with Crippen molar-refractivity contribution in [3.8, 4) is 5.75 Å². The number of halogens is 1. The molecule has 1 aliphatic rings. The largest absolute Gasteiger partial charge is 0.502 e. The van der Waals surface area contributed by atoms with E-state index in [0.717, 1.165) is 0 Å². The number of likely N-dealkylation sites (N-methyl/N-ethyl adjacent to an activating group) is 1. The molecule has 0 spiro atoms. The minimum atomic E-state index is -0.768. The number of nitrogens with zero attached hydrogens (tertiary/aromatic N) is 4. The van der Waals surface area contributed by atoms with E-state index in [1.54, 1.807) is 26.2 Å². The summed E-state index contributed by atoms with van der Waals surface area (Å²) in [6.45, 7) is 4.75. The van der Waals surface area contributed by atoms with Gasteiger partial charge in [-0.3, -0.25) is 23.9 Å². The number of benzene rings is 1. The molecule has 0 fully saturated rings. The highest BCUT2D eigenvalue weighted by molar-refractivity contribution is 5.79. The van der Waals surface area contributed by atoms with E-state index in [9.17, 15) is 23.9 Å². The van der Waals surface area contributed by atoms with Crippen LogP contribution in [0.5, 0.6) is 5.75 Å². The van der Waals surface area contributed by atoms with Crippen LogP contribution in [-0.4, -0.2) is 63.5 Å². The van der Waals surface area contributed by atoms with Gasteiger partial charge in [-0.15, -0.1) is 0 Å². The molecule has 0 radical (unpaired) electrons. The summed E-state index contributed by atoms with van der Waals surface area (Å²) < 4.78 is 14.4. The molecule has 0 saturated heterocycles. The fraction of sp³-hybridized carbons (Fsp3) is 0.455. The quantitative estimate of drug-likeness (QED) is 0.674. The summed E-state index contributed by atoms with van der Waals surface area (Å²) in [5.74, 6) is -1.05. The van der Waals surface area contributed by atoms with Crippen LogP contribution in [0.3, 0.4) is 0 Å². The standard InChI is InChI=1S/C22H28FN5O4/c1-22(2)21-25-16(11-17(29)24-12-14-5-7-15(23)8-6-14)19(31)20(32)28(21)10-9-27(22)13-18(30)26(3)4/h5-8,31H,9-13H2,1-4H3,(H,24,29). The summed E-state index contributed by atoms with van der Waals surface area (Å²) in [5.41, 5.74) is -0.685. The number of aromatic nitrogens is 2. The molecule has 1 aliphatic heterocycles. The summed E-state index contributed by atoms with van der Waals surface area (Å²) in [7, 11) is 3.35. The van der Waals surface area contributed by atoms with Crippen molar-refractivity contribution in [2.45, 2.75) is 38.9 Å². The first-order valence-corrected chi connectivity index (χ1v) is 10.3. The highest BCUT2D eigenvalue weighted by atomic mass is 19.1. The average molecular weight is 445 g/mol. The van der Waals surface area contributed by atoms with E-state index in [-0.39, 0.29) is 43.5 Å². The molecule has 0 aliphatic carbocycles. The predicted octanol–water partition coefficient (Wildman–Crippen LogP) is 0.586. The third kappa shape index (κ3) is 4.80. The molecule has 1 aromatic heterocycles. The van der Waals surface area contributed by atoms with Crippen LogP contribution < -0.4 is 10.9 Å². The topological polar surface area (TPSA) is 108 Å². The Hall–Kier alpha value is -3.27. The van der Waals surface area contributed by atoms with Crippen molar-refractivity contribution < 1.29 is 19.1 Å². The van der Waals surface area contributed by atoms with Crippen LogP contribution in [0.2, 0.25) is 0 Å². The van der Waals surface area contributed by atoms with E-state index < -0.39 is 22.8 Å². The molecular weight excluding hydrogens is 417 g/mol. The number of fused-ring (bicyclic) bond motifs is 1. The van der Waals surface area contributed by atoms with Crippen molar-refractivity contribution in [2.24, 2.45) is 0 Å². The van der Waals surface area contributed by atoms with Gasteiger partial charge in [-0.1, -0.05) is 12.1 Å². The number of nitrogens with one attached hydrogen (secondary N) is 1. The Bertz CT molecular complexity index is 1080. The van der Waals surface area contributed by atoms with Gasteiger partial charge < -0.3 is 15.3 Å². The van der Waals surface area contributed by atoms with E-state index in [1.807, 2.05) is 18.7 Å². The lowest BCUT2D eigenvalue weighted by Crippen LogP contribution is -2.55. The summed E-state index contributed by atoms with van der Waals surface area (Å²) >= 11 is 0. The molecule has 9 nitrogen and oxygen atoms in total. The molecule has 1 aromatic carbocycles. The van der Waals surface area contributed by atoms with Crippen LogP contribution in [0, 0.1) is 5.82 Å². The smallest absolute Gasteiger partial charge is 0.296 e. The Morgan fingerprint density at radius 3 is 2.50 bits per heavy atom. The fourth-order valence-electron chi connectivity index (χ4n) is 3.63. The molecule has 0 unspecified atom stereocenters. The van der Waals surface area contributed by atoms with Crippen LogP contribution in [0.25, 0.3) is 0 Å². The number of aromatic hydroxyl groups is 1. The van der Waals surface area contributed by atoms with Crippen molar-refractivity contribution in [1.82, 2.24) is 24.7 Å². The van der Waals surface area contributed by atoms with Crippen LogP contribution in [0.1, 0.15) is 30.9 Å². The predicted molar refractivity (Wildman–Crippen MR) is 115 cm³/mol. The maximum absolute atomic E-state index is 13.0. The highest BCUT2D eigenvalue weighted by Gasteiger charge is 2.39. The zero-order valence-electron chi connectivity index (χ0n) is 18.7. The molecule has 172 valence electrons. The first-order chi connectivity index (χ1) is 15.0. The van der Waals surface area contributed by atoms with Crippen LogP contribution in [0.4, 0.5) is 4.39 Å². The zero-order chi connectivity index (χ0) is 23.6. The van der Waals surface area contributed by atoms with Crippen molar-refractivity contribution >= 4 is 11.8 Å². The Kier molecular flexibility index (Phi) is 6.63. The average Bonchev–Trinajstić information content (AvgIpc) is 2.73. The Labute approximate surface area is 185 Å². The molecular formula is C22H28FN5O4. The van der Waals surface area contributed by atoms with Crippen LogP contribution >= 0.6 is 0 Å². The van der Waals surface area contributed by atoms with Gasteiger partial charge >= 0.3 is 0 Å². The molecule has 0 saturated carbocycles. The number of carbonyl (C=O) groups excluding carboxylic acids is 2. The molecule has 3 rings (SSSR count). The van der Waals surface area contributed by atoms with Gasteiger partial charge in [0.2, 0.25) is 17.6 Å². The van der Waals surface area contributed by atoms with Gasteiger partial charge in [0.1, 0.15) is 11.6 Å². The molecule has 2 amide bonds.